The van der Waals surface area contributed by atoms with Crippen LogP contribution in [0.15, 0.2) is 24.3 Å². The van der Waals surface area contributed by atoms with E-state index in [9.17, 15) is 4.79 Å². The van der Waals surface area contributed by atoms with Crippen molar-refractivity contribution in [1.82, 2.24) is 0 Å². The van der Waals surface area contributed by atoms with Gasteiger partial charge in [0.2, 0.25) is 0 Å². The zero-order chi connectivity index (χ0) is 16.8. The normalized spacial score (nSPS) is 12.3. The van der Waals surface area contributed by atoms with Crippen LogP contribution in [0.25, 0.3) is 0 Å². The molecule has 0 unspecified atom stereocenters. The van der Waals surface area contributed by atoms with Crippen LogP contribution in [0.3, 0.4) is 0 Å². The van der Waals surface area contributed by atoms with E-state index in [2.05, 4.69) is 33.9 Å². The predicted molar refractivity (Wildman–Crippen MR) is 93.9 cm³/mol. The van der Waals surface area contributed by atoms with E-state index < -0.39 is 8.32 Å². The first-order chi connectivity index (χ1) is 10.2. The number of benzene rings is 1. The third-order valence-electron chi connectivity index (χ3n) is 4.34. The van der Waals surface area contributed by atoms with Gasteiger partial charge in [0, 0.05) is 6.61 Å². The Morgan fingerprint density at radius 1 is 1.14 bits per heavy atom. The van der Waals surface area contributed by atoms with Crippen LogP contribution in [-0.4, -0.2) is 27.5 Å². The lowest BCUT2D eigenvalue weighted by Crippen LogP contribution is -2.41. The topological polar surface area (TPSA) is 35.5 Å². The number of carbonyl (C=O) groups is 1. The fourth-order valence-electron chi connectivity index (χ4n) is 1.84. The molecule has 1 aromatic rings. The van der Waals surface area contributed by atoms with Crippen LogP contribution in [-0.2, 0) is 15.6 Å². The van der Waals surface area contributed by atoms with Crippen LogP contribution >= 0.6 is 0 Å². The zero-order valence-corrected chi connectivity index (χ0v) is 15.9. The maximum atomic E-state index is 11.6. The second kappa shape index (κ2) is 7.93. The van der Waals surface area contributed by atoms with Gasteiger partial charge in [0.15, 0.2) is 8.32 Å². The Morgan fingerprint density at radius 3 is 2.23 bits per heavy atom. The Balaban J connectivity index is 2.42. The van der Waals surface area contributed by atoms with E-state index in [4.69, 9.17) is 9.16 Å². The Labute approximate surface area is 136 Å². The molecule has 0 fully saturated rings. The number of hydrogen-bond donors (Lipinski definition) is 0. The van der Waals surface area contributed by atoms with Gasteiger partial charge in [0.1, 0.15) is 0 Å². The highest BCUT2D eigenvalue weighted by molar-refractivity contribution is 6.74. The van der Waals surface area contributed by atoms with E-state index in [1.54, 1.807) is 0 Å². The van der Waals surface area contributed by atoms with E-state index in [1.165, 1.54) is 5.56 Å². The van der Waals surface area contributed by atoms with Crippen LogP contribution < -0.4 is 0 Å². The summed E-state index contributed by atoms with van der Waals surface area (Å²) < 4.78 is 11.2. The molecule has 22 heavy (non-hydrogen) atoms. The summed E-state index contributed by atoms with van der Waals surface area (Å²) in [6.07, 6.45) is 1.98. The third-order valence-corrected chi connectivity index (χ3v) is 8.88. The smallest absolute Gasteiger partial charge is 0.338 e. The van der Waals surface area contributed by atoms with Gasteiger partial charge in [0.25, 0.3) is 0 Å². The molecule has 0 aliphatic rings. The van der Waals surface area contributed by atoms with Gasteiger partial charge < -0.3 is 9.16 Å². The first kappa shape index (κ1) is 18.9. The molecular weight excluding hydrogens is 292 g/mol. The minimum Gasteiger partial charge on any atom is -0.462 e. The van der Waals surface area contributed by atoms with Crippen LogP contribution in [0.4, 0.5) is 0 Å². The van der Waals surface area contributed by atoms with E-state index in [0.717, 1.165) is 19.4 Å². The average Bonchev–Trinajstić information content (AvgIpc) is 2.43. The minimum absolute atomic E-state index is 0.254. The van der Waals surface area contributed by atoms with Gasteiger partial charge >= 0.3 is 5.97 Å². The molecule has 1 rings (SSSR count). The molecule has 0 N–H and O–H groups in total. The summed E-state index contributed by atoms with van der Waals surface area (Å²) in [4.78, 5) is 11.6. The number of hydrogen-bond acceptors (Lipinski definition) is 3. The van der Waals surface area contributed by atoms with Gasteiger partial charge in [-0.1, -0.05) is 32.9 Å². The van der Waals surface area contributed by atoms with E-state index in [0.29, 0.717) is 12.2 Å². The molecule has 0 radical (unpaired) electrons. The van der Waals surface area contributed by atoms with Crippen molar-refractivity contribution >= 4 is 14.3 Å². The Bertz CT molecular complexity index is 472. The van der Waals surface area contributed by atoms with Crippen molar-refractivity contribution in [2.24, 2.45) is 0 Å². The summed E-state index contributed by atoms with van der Waals surface area (Å²) in [6, 6.07) is 7.67. The Morgan fingerprint density at radius 2 is 1.73 bits per heavy atom. The molecular formula is C18H30O3Si. The molecule has 0 saturated heterocycles. The van der Waals surface area contributed by atoms with Crippen molar-refractivity contribution < 1.29 is 14.0 Å². The van der Waals surface area contributed by atoms with E-state index in [1.807, 2.05) is 31.2 Å². The van der Waals surface area contributed by atoms with Crippen LogP contribution in [0.5, 0.6) is 0 Å². The fraction of sp³-hybridized carbons (Fsp3) is 0.611. The lowest BCUT2D eigenvalue weighted by molar-refractivity contribution is 0.0526. The summed E-state index contributed by atoms with van der Waals surface area (Å²) in [7, 11) is -1.64. The summed E-state index contributed by atoms with van der Waals surface area (Å²) >= 11 is 0. The lowest BCUT2D eigenvalue weighted by atomic mass is 10.1. The second-order valence-electron chi connectivity index (χ2n) is 7.13. The molecule has 0 amide bonds. The van der Waals surface area contributed by atoms with Crippen molar-refractivity contribution in [3.05, 3.63) is 35.4 Å². The summed E-state index contributed by atoms with van der Waals surface area (Å²) in [6.45, 7) is 14.4. The quantitative estimate of drug-likeness (QED) is 0.410. The molecule has 0 aliphatic heterocycles. The largest absolute Gasteiger partial charge is 0.462 e. The monoisotopic (exact) mass is 322 g/mol. The van der Waals surface area contributed by atoms with E-state index >= 15 is 0 Å². The minimum atomic E-state index is -1.64. The molecule has 3 nitrogen and oxygen atoms in total. The maximum Gasteiger partial charge on any atom is 0.338 e. The molecule has 0 spiro atoms. The van der Waals surface area contributed by atoms with Crippen molar-refractivity contribution in [3.63, 3.8) is 0 Å². The average molecular weight is 323 g/mol. The number of carbonyl (C=O) groups excluding carboxylic acids is 1. The molecule has 124 valence electrons. The highest BCUT2D eigenvalue weighted by Crippen LogP contribution is 2.36. The van der Waals surface area contributed by atoms with Crippen molar-refractivity contribution in [2.45, 2.75) is 58.7 Å². The third kappa shape index (κ3) is 5.58. The molecule has 0 aromatic heterocycles. The Hall–Kier alpha value is -1.13. The standard InChI is InChI=1S/C18H30O3Si/c1-7-20-17(19)16-12-10-15(11-13-16)9-8-14-21-22(5,6)18(2,3)4/h10-13H,7-9,14H2,1-6H3. The molecule has 0 aliphatic carbocycles. The number of rotatable bonds is 7. The Kier molecular flexibility index (Phi) is 6.82. The molecule has 0 bridgehead atoms. The summed E-state index contributed by atoms with van der Waals surface area (Å²) in [5.41, 5.74) is 1.84. The highest BCUT2D eigenvalue weighted by atomic mass is 28.4. The van der Waals surface area contributed by atoms with Gasteiger partial charge in [-0.25, -0.2) is 4.79 Å². The van der Waals surface area contributed by atoms with Gasteiger partial charge in [-0.3, -0.25) is 0 Å². The van der Waals surface area contributed by atoms with Crippen molar-refractivity contribution in [3.8, 4) is 0 Å². The molecule has 0 saturated carbocycles. The molecule has 0 heterocycles. The van der Waals surface area contributed by atoms with Crippen molar-refractivity contribution in [1.29, 1.82) is 0 Å². The number of aryl methyl sites for hydroxylation is 1. The molecule has 4 heteroatoms. The van der Waals surface area contributed by atoms with Gasteiger partial charge in [-0.15, -0.1) is 0 Å². The maximum absolute atomic E-state index is 11.6. The number of ether oxygens (including phenoxy) is 1. The van der Waals surface area contributed by atoms with Gasteiger partial charge in [0.05, 0.1) is 12.2 Å². The molecule has 0 atom stereocenters. The van der Waals surface area contributed by atoms with Crippen molar-refractivity contribution in [2.75, 3.05) is 13.2 Å². The lowest BCUT2D eigenvalue weighted by Gasteiger charge is -2.36. The van der Waals surface area contributed by atoms with Crippen LogP contribution in [0, 0.1) is 0 Å². The predicted octanol–water partition coefficient (Wildman–Crippen LogP) is 4.82. The second-order valence-corrected chi connectivity index (χ2v) is 11.9. The highest BCUT2D eigenvalue weighted by Gasteiger charge is 2.36. The molecule has 1 aromatic carbocycles. The van der Waals surface area contributed by atoms with Crippen LogP contribution in [0.2, 0.25) is 18.1 Å². The van der Waals surface area contributed by atoms with Gasteiger partial charge in [-0.2, -0.15) is 0 Å². The summed E-state index contributed by atoms with van der Waals surface area (Å²) in [5.74, 6) is -0.254. The van der Waals surface area contributed by atoms with E-state index in [-0.39, 0.29) is 11.0 Å². The number of esters is 1. The van der Waals surface area contributed by atoms with Gasteiger partial charge in [-0.05, 0) is 55.6 Å². The first-order valence-electron chi connectivity index (χ1n) is 8.07. The SMILES string of the molecule is CCOC(=O)c1ccc(CCCO[Si](C)(C)C(C)(C)C)cc1. The first-order valence-corrected chi connectivity index (χ1v) is 11.0. The van der Waals surface area contributed by atoms with Crippen LogP contribution in [0.1, 0.15) is 50.0 Å². The fourth-order valence-corrected chi connectivity index (χ4v) is 2.93. The zero-order valence-electron chi connectivity index (χ0n) is 14.9. The summed E-state index contributed by atoms with van der Waals surface area (Å²) in [5, 5.41) is 0.258.